The summed E-state index contributed by atoms with van der Waals surface area (Å²) in [6.07, 6.45) is 8.81. The predicted octanol–water partition coefficient (Wildman–Crippen LogP) is 4.00. The number of rotatable bonds is 1. The zero-order valence-electron chi connectivity index (χ0n) is 7.82. The molecule has 1 fully saturated rings. The second-order valence-electron chi connectivity index (χ2n) is 3.57. The Morgan fingerprint density at radius 1 is 0.900 bits per heavy atom. The quantitative estimate of drug-likeness (QED) is 0.519. The highest BCUT2D eigenvalue weighted by molar-refractivity contribution is 4.51. The van der Waals surface area contributed by atoms with Gasteiger partial charge < -0.3 is 0 Å². The molecule has 0 aromatic rings. The lowest BCUT2D eigenvalue weighted by Gasteiger charge is -1.90. The first-order chi connectivity index (χ1) is 4.77. The van der Waals surface area contributed by atoms with E-state index in [1.165, 1.54) is 38.5 Å². The Balaban J connectivity index is 0.000000162. The van der Waals surface area contributed by atoms with Crippen LogP contribution in [0.5, 0.6) is 0 Å². The molecule has 0 aromatic heterocycles. The van der Waals surface area contributed by atoms with Crippen molar-refractivity contribution in [3.05, 3.63) is 0 Å². The fourth-order valence-corrected chi connectivity index (χ4v) is 0.884. The molecule has 0 radical (unpaired) electrons. The first kappa shape index (κ1) is 10.0. The van der Waals surface area contributed by atoms with Gasteiger partial charge in [0.15, 0.2) is 0 Å². The van der Waals surface area contributed by atoms with E-state index in [1.807, 2.05) is 0 Å². The Kier molecular flexibility index (Phi) is 7.11. The SMILES string of the molecule is C1CCCC1.CCC(C)C. The van der Waals surface area contributed by atoms with Gasteiger partial charge in [0.2, 0.25) is 0 Å². The highest BCUT2D eigenvalue weighted by Crippen LogP contribution is 2.15. The van der Waals surface area contributed by atoms with E-state index in [0.717, 1.165) is 5.92 Å². The predicted molar refractivity (Wildman–Crippen MR) is 48.2 cm³/mol. The van der Waals surface area contributed by atoms with Crippen LogP contribution < -0.4 is 0 Å². The van der Waals surface area contributed by atoms with Gasteiger partial charge in [0.05, 0.1) is 0 Å². The van der Waals surface area contributed by atoms with Gasteiger partial charge in [0.1, 0.15) is 0 Å². The van der Waals surface area contributed by atoms with Crippen LogP contribution in [0.1, 0.15) is 59.3 Å². The third-order valence-corrected chi connectivity index (χ3v) is 2.07. The Morgan fingerprint density at radius 3 is 1.20 bits per heavy atom. The highest BCUT2D eigenvalue weighted by atomic mass is 14.0. The van der Waals surface area contributed by atoms with Crippen molar-refractivity contribution in [1.82, 2.24) is 0 Å². The van der Waals surface area contributed by atoms with E-state index < -0.39 is 0 Å². The third-order valence-electron chi connectivity index (χ3n) is 2.07. The van der Waals surface area contributed by atoms with Crippen LogP contribution in [0.25, 0.3) is 0 Å². The summed E-state index contributed by atoms with van der Waals surface area (Å²) in [4.78, 5) is 0. The summed E-state index contributed by atoms with van der Waals surface area (Å²) in [6, 6.07) is 0. The van der Waals surface area contributed by atoms with Gasteiger partial charge in [-0.25, -0.2) is 0 Å². The van der Waals surface area contributed by atoms with E-state index >= 15 is 0 Å². The van der Waals surface area contributed by atoms with Gasteiger partial charge in [0.25, 0.3) is 0 Å². The molecule has 0 aromatic carbocycles. The molecule has 0 bridgehead atoms. The van der Waals surface area contributed by atoms with Gasteiger partial charge in [-0.05, 0) is 5.92 Å². The van der Waals surface area contributed by atoms with E-state index in [4.69, 9.17) is 0 Å². The van der Waals surface area contributed by atoms with Crippen molar-refractivity contribution in [3.63, 3.8) is 0 Å². The van der Waals surface area contributed by atoms with Crippen LogP contribution in [-0.4, -0.2) is 0 Å². The van der Waals surface area contributed by atoms with Crippen LogP contribution in [-0.2, 0) is 0 Å². The maximum atomic E-state index is 2.22. The molecule has 0 heteroatoms. The van der Waals surface area contributed by atoms with E-state index in [9.17, 15) is 0 Å². The second-order valence-corrected chi connectivity index (χ2v) is 3.57. The largest absolute Gasteiger partial charge is 0.0651 e. The summed E-state index contributed by atoms with van der Waals surface area (Å²) in [5.74, 6) is 0.884. The standard InChI is InChI=1S/C5H10.C5H12/c1-2-4-5-3-1;1-4-5(2)3/h1-5H2;5H,4H2,1-3H3. The molecule has 1 saturated carbocycles. The van der Waals surface area contributed by atoms with E-state index in [2.05, 4.69) is 20.8 Å². The minimum absolute atomic E-state index is 0.884. The van der Waals surface area contributed by atoms with Gasteiger partial charge in [0, 0.05) is 0 Å². The molecular weight excluding hydrogens is 120 g/mol. The van der Waals surface area contributed by atoms with Gasteiger partial charge in [-0.3, -0.25) is 0 Å². The highest BCUT2D eigenvalue weighted by Gasteiger charge is 1.95. The van der Waals surface area contributed by atoms with Gasteiger partial charge in [-0.1, -0.05) is 59.3 Å². The Morgan fingerprint density at radius 2 is 1.10 bits per heavy atom. The Bertz CT molecular complexity index is 43.4. The Labute approximate surface area is 66.0 Å². The van der Waals surface area contributed by atoms with Crippen molar-refractivity contribution in [1.29, 1.82) is 0 Å². The molecule has 0 heterocycles. The average molecular weight is 142 g/mol. The monoisotopic (exact) mass is 142 g/mol. The zero-order chi connectivity index (χ0) is 7.82. The van der Waals surface area contributed by atoms with E-state index in [1.54, 1.807) is 0 Å². The molecule has 10 heavy (non-hydrogen) atoms. The van der Waals surface area contributed by atoms with Crippen molar-refractivity contribution in [2.45, 2.75) is 59.3 Å². The lowest BCUT2D eigenvalue weighted by atomic mass is 10.2. The molecule has 1 aliphatic rings. The van der Waals surface area contributed by atoms with Crippen LogP contribution in [0.2, 0.25) is 0 Å². The maximum absolute atomic E-state index is 2.22. The topological polar surface area (TPSA) is 0 Å². The summed E-state index contributed by atoms with van der Waals surface area (Å²) in [6.45, 7) is 6.64. The van der Waals surface area contributed by atoms with E-state index in [0.29, 0.717) is 0 Å². The lowest BCUT2D eigenvalue weighted by Crippen LogP contribution is -1.77. The summed E-state index contributed by atoms with van der Waals surface area (Å²) in [5, 5.41) is 0. The van der Waals surface area contributed by atoms with Crippen LogP contribution in [0.4, 0.5) is 0 Å². The summed E-state index contributed by atoms with van der Waals surface area (Å²) in [7, 11) is 0. The second kappa shape index (κ2) is 7.11. The number of hydrogen-bond acceptors (Lipinski definition) is 0. The van der Waals surface area contributed by atoms with Crippen molar-refractivity contribution in [2.75, 3.05) is 0 Å². The Hall–Kier alpha value is 0. The average Bonchev–Trinajstić information content (AvgIpc) is 2.43. The molecule has 1 aliphatic carbocycles. The summed E-state index contributed by atoms with van der Waals surface area (Å²) < 4.78 is 0. The first-order valence-electron chi connectivity index (χ1n) is 4.77. The van der Waals surface area contributed by atoms with Crippen LogP contribution in [0.15, 0.2) is 0 Å². The molecule has 0 spiro atoms. The molecule has 0 atom stereocenters. The van der Waals surface area contributed by atoms with Crippen molar-refractivity contribution >= 4 is 0 Å². The fraction of sp³-hybridized carbons (Fsp3) is 1.00. The minimum Gasteiger partial charge on any atom is -0.0651 e. The third kappa shape index (κ3) is 8.00. The first-order valence-corrected chi connectivity index (χ1v) is 4.77. The van der Waals surface area contributed by atoms with Crippen LogP contribution >= 0.6 is 0 Å². The van der Waals surface area contributed by atoms with Gasteiger partial charge in [-0.2, -0.15) is 0 Å². The zero-order valence-corrected chi connectivity index (χ0v) is 7.82. The molecule has 0 saturated heterocycles. The van der Waals surface area contributed by atoms with Gasteiger partial charge in [-0.15, -0.1) is 0 Å². The summed E-state index contributed by atoms with van der Waals surface area (Å²) in [5.41, 5.74) is 0. The van der Waals surface area contributed by atoms with E-state index in [-0.39, 0.29) is 0 Å². The molecule has 62 valence electrons. The molecule has 0 aliphatic heterocycles. The van der Waals surface area contributed by atoms with Crippen molar-refractivity contribution < 1.29 is 0 Å². The van der Waals surface area contributed by atoms with Crippen LogP contribution in [0, 0.1) is 5.92 Å². The molecule has 0 unspecified atom stereocenters. The normalized spacial score (nSPS) is 16.8. The lowest BCUT2D eigenvalue weighted by molar-refractivity contribution is 0.626. The molecule has 0 N–H and O–H groups in total. The molecule has 0 amide bonds. The van der Waals surface area contributed by atoms with Crippen molar-refractivity contribution in [3.8, 4) is 0 Å². The maximum Gasteiger partial charge on any atom is -0.0474 e. The smallest absolute Gasteiger partial charge is 0.0474 e. The fourth-order valence-electron chi connectivity index (χ4n) is 0.884. The molecule has 0 nitrogen and oxygen atoms in total. The van der Waals surface area contributed by atoms with Gasteiger partial charge >= 0.3 is 0 Å². The molecule has 1 rings (SSSR count). The minimum atomic E-state index is 0.884. The van der Waals surface area contributed by atoms with Crippen molar-refractivity contribution in [2.24, 2.45) is 5.92 Å². The molecular formula is C10H22. The number of hydrogen-bond donors (Lipinski definition) is 0. The summed E-state index contributed by atoms with van der Waals surface area (Å²) >= 11 is 0. The van der Waals surface area contributed by atoms with Crippen LogP contribution in [0.3, 0.4) is 0 Å².